The number of carbonyl (C=O) groups excluding carboxylic acids is 2. The number of ether oxygens (including phenoxy) is 2. The van der Waals surface area contributed by atoms with Gasteiger partial charge in [-0.3, -0.25) is 9.59 Å². The largest absolute Gasteiger partial charge is 0.461 e. The van der Waals surface area contributed by atoms with Crippen LogP contribution in [-0.2, 0) is 19.1 Å². The van der Waals surface area contributed by atoms with Crippen molar-refractivity contribution in [2.45, 2.75) is 86.2 Å². The van der Waals surface area contributed by atoms with E-state index in [0.717, 1.165) is 31.2 Å². The molecule has 0 amide bonds. The van der Waals surface area contributed by atoms with Gasteiger partial charge in [-0.05, 0) is 66.8 Å². The van der Waals surface area contributed by atoms with Gasteiger partial charge < -0.3 is 9.47 Å². The zero-order valence-electron chi connectivity index (χ0n) is 22.2. The maximum atomic E-state index is 13.4. The first-order valence-electron chi connectivity index (χ1n) is 13.6. The summed E-state index contributed by atoms with van der Waals surface area (Å²) in [6, 6.07) is 9.73. The van der Waals surface area contributed by atoms with Crippen LogP contribution < -0.4 is 0 Å². The van der Waals surface area contributed by atoms with Crippen LogP contribution in [-0.4, -0.2) is 18.5 Å². The molecule has 34 heavy (non-hydrogen) atoms. The fourth-order valence-corrected chi connectivity index (χ4v) is 6.30. The maximum Gasteiger partial charge on any atom is 0.309 e. The van der Waals surface area contributed by atoms with Crippen molar-refractivity contribution in [2.75, 3.05) is 6.61 Å². The average Bonchev–Trinajstić information content (AvgIpc) is 2.81. The van der Waals surface area contributed by atoms with Crippen molar-refractivity contribution in [1.29, 1.82) is 0 Å². The third-order valence-corrected chi connectivity index (χ3v) is 8.46. The van der Waals surface area contributed by atoms with Gasteiger partial charge in [0.15, 0.2) is 6.10 Å². The third kappa shape index (κ3) is 6.86. The van der Waals surface area contributed by atoms with E-state index >= 15 is 0 Å². The van der Waals surface area contributed by atoms with Crippen LogP contribution in [0, 0.1) is 47.3 Å². The van der Waals surface area contributed by atoms with Crippen LogP contribution in [0.25, 0.3) is 0 Å². The highest BCUT2D eigenvalue weighted by atomic mass is 16.6. The van der Waals surface area contributed by atoms with Crippen LogP contribution in [0.5, 0.6) is 0 Å². The molecule has 0 saturated heterocycles. The smallest absolute Gasteiger partial charge is 0.309 e. The molecular weight excluding hydrogens is 424 g/mol. The van der Waals surface area contributed by atoms with Crippen molar-refractivity contribution in [1.82, 2.24) is 0 Å². The molecule has 0 N–H and O–H groups in total. The molecule has 2 aliphatic rings. The van der Waals surface area contributed by atoms with Gasteiger partial charge in [-0.15, -0.1) is 0 Å². The zero-order chi connectivity index (χ0) is 24.8. The Kier molecular flexibility index (Phi) is 9.62. The number of rotatable bonds is 8. The lowest BCUT2D eigenvalue weighted by atomic mass is 9.70. The summed E-state index contributed by atoms with van der Waals surface area (Å²) in [5, 5.41) is 0. The van der Waals surface area contributed by atoms with E-state index in [9.17, 15) is 9.59 Å². The molecule has 0 heterocycles. The standard InChI is InChI=1S/C30H46O4/c1-19(2)24-14-12-21(5)16-26(24)29(31)33-18-28(23-10-8-7-9-11-23)34-30(32)27-17-22(6)13-15-25(27)20(3)4/h7-11,19-22,24-28H,12-18H2,1-6H3/t21-,22-,24+,25+,26-,27-,28-/m1/s1. The van der Waals surface area contributed by atoms with E-state index in [4.69, 9.17) is 9.47 Å². The van der Waals surface area contributed by atoms with Crippen LogP contribution in [0.15, 0.2) is 30.3 Å². The second-order valence-electron chi connectivity index (χ2n) is 11.8. The summed E-state index contributed by atoms with van der Waals surface area (Å²) in [5.74, 6) is 2.24. The Balaban J connectivity index is 1.71. The molecule has 4 nitrogen and oxygen atoms in total. The van der Waals surface area contributed by atoms with E-state index < -0.39 is 6.10 Å². The highest BCUT2D eigenvalue weighted by Crippen LogP contribution is 2.40. The highest BCUT2D eigenvalue weighted by Gasteiger charge is 2.39. The second-order valence-corrected chi connectivity index (χ2v) is 11.8. The third-order valence-electron chi connectivity index (χ3n) is 8.46. The number of carbonyl (C=O) groups is 2. The highest BCUT2D eigenvalue weighted by molar-refractivity contribution is 5.74. The van der Waals surface area contributed by atoms with E-state index in [2.05, 4.69) is 41.5 Å². The van der Waals surface area contributed by atoms with Crippen molar-refractivity contribution in [3.05, 3.63) is 35.9 Å². The van der Waals surface area contributed by atoms with Crippen LogP contribution in [0.1, 0.15) is 91.7 Å². The van der Waals surface area contributed by atoms with Crippen molar-refractivity contribution < 1.29 is 19.1 Å². The van der Waals surface area contributed by atoms with E-state index in [-0.39, 0.29) is 30.4 Å². The predicted molar refractivity (Wildman–Crippen MR) is 136 cm³/mol. The molecule has 4 heteroatoms. The van der Waals surface area contributed by atoms with Gasteiger partial charge in [0.2, 0.25) is 0 Å². The van der Waals surface area contributed by atoms with Gasteiger partial charge in [0.1, 0.15) is 6.61 Å². The predicted octanol–water partition coefficient (Wildman–Crippen LogP) is 7.23. The minimum absolute atomic E-state index is 0.0691. The van der Waals surface area contributed by atoms with Crippen LogP contribution in [0.3, 0.4) is 0 Å². The molecule has 0 radical (unpaired) electrons. The molecule has 1 aromatic carbocycles. The van der Waals surface area contributed by atoms with E-state index in [0.29, 0.717) is 35.5 Å². The fourth-order valence-electron chi connectivity index (χ4n) is 6.30. The first kappa shape index (κ1) is 26.8. The van der Waals surface area contributed by atoms with Gasteiger partial charge in [-0.25, -0.2) is 0 Å². The van der Waals surface area contributed by atoms with E-state index in [1.807, 2.05) is 30.3 Å². The minimum Gasteiger partial charge on any atom is -0.461 e. The van der Waals surface area contributed by atoms with Crippen molar-refractivity contribution >= 4 is 11.9 Å². The van der Waals surface area contributed by atoms with Crippen LogP contribution in [0.4, 0.5) is 0 Å². The number of hydrogen-bond acceptors (Lipinski definition) is 4. The second kappa shape index (κ2) is 12.2. The normalized spacial score (nSPS) is 30.7. The molecule has 2 fully saturated rings. The Morgan fingerprint density at radius 2 is 1.29 bits per heavy atom. The van der Waals surface area contributed by atoms with Gasteiger partial charge in [0, 0.05) is 0 Å². The Hall–Kier alpha value is -1.84. The summed E-state index contributed by atoms with van der Waals surface area (Å²) in [4.78, 5) is 26.6. The average molecular weight is 471 g/mol. The summed E-state index contributed by atoms with van der Waals surface area (Å²) in [7, 11) is 0. The fraction of sp³-hybridized carbons (Fsp3) is 0.733. The van der Waals surface area contributed by atoms with Crippen molar-refractivity contribution in [2.24, 2.45) is 47.3 Å². The zero-order valence-corrected chi connectivity index (χ0v) is 22.2. The van der Waals surface area contributed by atoms with Gasteiger partial charge >= 0.3 is 11.9 Å². The molecule has 0 spiro atoms. The lowest BCUT2D eigenvalue weighted by Gasteiger charge is -2.37. The summed E-state index contributed by atoms with van der Waals surface area (Å²) in [6.45, 7) is 13.3. The van der Waals surface area contributed by atoms with Gasteiger partial charge in [0.05, 0.1) is 11.8 Å². The molecular formula is C30H46O4. The Labute approximate surface area is 207 Å². The van der Waals surface area contributed by atoms with E-state index in [1.54, 1.807) is 0 Å². The molecule has 3 rings (SSSR count). The Morgan fingerprint density at radius 3 is 1.79 bits per heavy atom. The Morgan fingerprint density at radius 1 is 0.794 bits per heavy atom. The number of esters is 2. The van der Waals surface area contributed by atoms with Gasteiger partial charge in [-0.2, -0.15) is 0 Å². The van der Waals surface area contributed by atoms with Crippen LogP contribution >= 0.6 is 0 Å². The summed E-state index contributed by atoms with van der Waals surface area (Å²) < 4.78 is 12.0. The van der Waals surface area contributed by atoms with E-state index in [1.165, 1.54) is 12.8 Å². The SMILES string of the molecule is CC(C)[C@@H]1CC[C@@H](C)C[C@H]1C(=O)OC[C@@H](OC(=O)[C@@H]1C[C@H](C)CC[C@H]1C(C)C)c1ccccc1. The first-order chi connectivity index (χ1) is 16.2. The monoisotopic (exact) mass is 470 g/mol. The summed E-state index contributed by atoms with van der Waals surface area (Å²) >= 11 is 0. The maximum absolute atomic E-state index is 13.4. The van der Waals surface area contributed by atoms with Gasteiger partial charge in [0.25, 0.3) is 0 Å². The molecule has 0 aliphatic heterocycles. The quantitative estimate of drug-likeness (QED) is 0.376. The lowest BCUT2D eigenvalue weighted by Crippen LogP contribution is -2.37. The Bertz CT molecular complexity index is 786. The molecule has 0 unspecified atom stereocenters. The van der Waals surface area contributed by atoms with Gasteiger partial charge in [-0.1, -0.05) is 84.7 Å². The molecule has 0 bridgehead atoms. The topological polar surface area (TPSA) is 52.6 Å². The molecule has 190 valence electrons. The first-order valence-corrected chi connectivity index (χ1v) is 13.6. The summed E-state index contributed by atoms with van der Waals surface area (Å²) in [6.07, 6.45) is 5.68. The van der Waals surface area contributed by atoms with Crippen molar-refractivity contribution in [3.63, 3.8) is 0 Å². The minimum atomic E-state index is -0.568. The summed E-state index contributed by atoms with van der Waals surface area (Å²) in [5.41, 5.74) is 0.881. The van der Waals surface area contributed by atoms with Crippen molar-refractivity contribution in [3.8, 4) is 0 Å². The molecule has 1 aromatic rings. The number of benzene rings is 1. The van der Waals surface area contributed by atoms with Crippen LogP contribution in [0.2, 0.25) is 0 Å². The molecule has 0 aromatic heterocycles. The molecule has 7 atom stereocenters. The lowest BCUT2D eigenvalue weighted by molar-refractivity contribution is -0.170. The molecule has 2 saturated carbocycles. The molecule has 2 aliphatic carbocycles. The number of hydrogen-bond donors (Lipinski definition) is 0.